The van der Waals surface area contributed by atoms with Crippen LogP contribution in [0.1, 0.15) is 38.7 Å². The second-order valence-electron chi connectivity index (χ2n) is 4.00. The highest BCUT2D eigenvalue weighted by Crippen LogP contribution is 2.16. The molecule has 0 saturated heterocycles. The minimum absolute atomic E-state index is 0.224. The topological polar surface area (TPSA) is 17.1 Å². The lowest BCUT2D eigenvalue weighted by Gasteiger charge is -2.13. The standard InChI is InChI=1S/C14H20O/c1-3-8-13(14(15)4-2)11-12-9-6-5-7-10-12/h5-7,9-10,13H,3-4,8,11H2,1-2H3/t13-/m0/s1. The molecule has 0 fully saturated rings. The van der Waals surface area contributed by atoms with Crippen molar-refractivity contribution in [3.8, 4) is 0 Å². The molecule has 0 bridgehead atoms. The van der Waals surface area contributed by atoms with E-state index in [2.05, 4.69) is 19.1 Å². The van der Waals surface area contributed by atoms with Crippen LogP contribution >= 0.6 is 0 Å². The molecule has 0 aliphatic heterocycles. The average molecular weight is 204 g/mol. The molecule has 1 rings (SSSR count). The Morgan fingerprint density at radius 1 is 1.20 bits per heavy atom. The third-order valence-electron chi connectivity index (χ3n) is 2.77. The zero-order valence-corrected chi connectivity index (χ0v) is 9.70. The Bertz CT molecular complexity index is 289. The van der Waals surface area contributed by atoms with E-state index in [1.807, 2.05) is 25.1 Å². The Labute approximate surface area is 92.5 Å². The molecule has 82 valence electrons. The lowest BCUT2D eigenvalue weighted by molar-refractivity contribution is -0.122. The van der Waals surface area contributed by atoms with E-state index in [0.29, 0.717) is 12.2 Å². The highest BCUT2D eigenvalue weighted by Gasteiger charge is 2.15. The molecular formula is C14H20O. The quantitative estimate of drug-likeness (QED) is 0.691. The van der Waals surface area contributed by atoms with E-state index in [9.17, 15) is 4.79 Å². The molecule has 0 aliphatic rings. The Hall–Kier alpha value is -1.11. The Morgan fingerprint density at radius 2 is 1.87 bits per heavy atom. The van der Waals surface area contributed by atoms with Crippen LogP contribution in [0.4, 0.5) is 0 Å². The van der Waals surface area contributed by atoms with Crippen LogP contribution < -0.4 is 0 Å². The summed E-state index contributed by atoms with van der Waals surface area (Å²) in [6, 6.07) is 10.3. The Morgan fingerprint density at radius 3 is 2.40 bits per heavy atom. The fraction of sp³-hybridized carbons (Fsp3) is 0.500. The van der Waals surface area contributed by atoms with Gasteiger partial charge in [-0.3, -0.25) is 4.79 Å². The minimum atomic E-state index is 0.224. The van der Waals surface area contributed by atoms with Crippen LogP contribution in [-0.2, 0) is 11.2 Å². The van der Waals surface area contributed by atoms with Crippen molar-refractivity contribution in [3.05, 3.63) is 35.9 Å². The maximum absolute atomic E-state index is 11.7. The summed E-state index contributed by atoms with van der Waals surface area (Å²) in [5.41, 5.74) is 1.28. The fourth-order valence-electron chi connectivity index (χ4n) is 1.91. The number of ketones is 1. The lowest BCUT2D eigenvalue weighted by atomic mass is 9.90. The molecule has 0 aromatic heterocycles. The van der Waals surface area contributed by atoms with E-state index < -0.39 is 0 Å². The smallest absolute Gasteiger partial charge is 0.136 e. The van der Waals surface area contributed by atoms with Gasteiger partial charge in [0, 0.05) is 12.3 Å². The highest BCUT2D eigenvalue weighted by atomic mass is 16.1. The SMILES string of the molecule is CCC[C@@H](Cc1ccccc1)C(=O)CC. The first-order chi connectivity index (χ1) is 7.27. The van der Waals surface area contributed by atoms with Gasteiger partial charge in [0.25, 0.3) is 0 Å². The maximum Gasteiger partial charge on any atom is 0.136 e. The van der Waals surface area contributed by atoms with E-state index in [4.69, 9.17) is 0 Å². The fourth-order valence-corrected chi connectivity index (χ4v) is 1.91. The zero-order chi connectivity index (χ0) is 11.1. The molecular weight excluding hydrogens is 184 g/mol. The third-order valence-corrected chi connectivity index (χ3v) is 2.77. The molecule has 0 aliphatic carbocycles. The predicted octanol–water partition coefficient (Wildman–Crippen LogP) is 3.62. The number of benzene rings is 1. The van der Waals surface area contributed by atoms with Crippen LogP contribution in [0.5, 0.6) is 0 Å². The van der Waals surface area contributed by atoms with Gasteiger partial charge in [-0.1, -0.05) is 50.6 Å². The Kier molecular flexibility index (Phi) is 5.09. The maximum atomic E-state index is 11.7. The lowest BCUT2D eigenvalue weighted by Crippen LogP contribution is -2.16. The summed E-state index contributed by atoms with van der Waals surface area (Å²) in [4.78, 5) is 11.7. The van der Waals surface area contributed by atoms with Crippen molar-refractivity contribution in [2.45, 2.75) is 39.5 Å². The summed E-state index contributed by atoms with van der Waals surface area (Å²) in [5, 5.41) is 0. The second kappa shape index (κ2) is 6.39. The summed E-state index contributed by atoms with van der Waals surface area (Å²) in [5.74, 6) is 0.628. The highest BCUT2D eigenvalue weighted by molar-refractivity contribution is 5.80. The number of hydrogen-bond donors (Lipinski definition) is 0. The molecule has 15 heavy (non-hydrogen) atoms. The van der Waals surface area contributed by atoms with Crippen molar-refractivity contribution in [1.82, 2.24) is 0 Å². The molecule has 0 unspecified atom stereocenters. The van der Waals surface area contributed by atoms with Gasteiger partial charge in [0.15, 0.2) is 0 Å². The first-order valence-corrected chi connectivity index (χ1v) is 5.84. The van der Waals surface area contributed by atoms with Crippen molar-refractivity contribution in [1.29, 1.82) is 0 Å². The second-order valence-corrected chi connectivity index (χ2v) is 4.00. The van der Waals surface area contributed by atoms with Gasteiger partial charge in [-0.2, -0.15) is 0 Å². The molecule has 0 radical (unpaired) electrons. The van der Waals surface area contributed by atoms with Gasteiger partial charge in [0.2, 0.25) is 0 Å². The number of rotatable bonds is 6. The minimum Gasteiger partial charge on any atom is -0.299 e. The van der Waals surface area contributed by atoms with E-state index in [1.54, 1.807) is 0 Å². The van der Waals surface area contributed by atoms with Gasteiger partial charge in [-0.25, -0.2) is 0 Å². The molecule has 1 heteroatoms. The van der Waals surface area contributed by atoms with Gasteiger partial charge >= 0.3 is 0 Å². The summed E-state index contributed by atoms with van der Waals surface area (Å²) in [7, 11) is 0. The average Bonchev–Trinajstić information content (AvgIpc) is 2.29. The molecule has 0 amide bonds. The number of carbonyl (C=O) groups is 1. The molecule has 0 heterocycles. The van der Waals surface area contributed by atoms with Crippen LogP contribution in [0.15, 0.2) is 30.3 Å². The van der Waals surface area contributed by atoms with E-state index in [1.165, 1.54) is 5.56 Å². The van der Waals surface area contributed by atoms with Gasteiger partial charge in [-0.15, -0.1) is 0 Å². The number of hydrogen-bond acceptors (Lipinski definition) is 1. The van der Waals surface area contributed by atoms with Crippen LogP contribution in [0, 0.1) is 5.92 Å². The molecule has 1 atom stereocenters. The van der Waals surface area contributed by atoms with Crippen LogP contribution in [-0.4, -0.2) is 5.78 Å². The molecule has 0 spiro atoms. The van der Waals surface area contributed by atoms with Crippen molar-refractivity contribution < 1.29 is 4.79 Å². The van der Waals surface area contributed by atoms with Crippen LogP contribution in [0.25, 0.3) is 0 Å². The van der Waals surface area contributed by atoms with Gasteiger partial charge in [0.05, 0.1) is 0 Å². The van der Waals surface area contributed by atoms with E-state index in [0.717, 1.165) is 19.3 Å². The molecule has 0 N–H and O–H groups in total. The van der Waals surface area contributed by atoms with Crippen molar-refractivity contribution >= 4 is 5.78 Å². The van der Waals surface area contributed by atoms with Gasteiger partial charge in [-0.05, 0) is 18.4 Å². The first kappa shape index (κ1) is 12.0. The molecule has 1 aromatic carbocycles. The van der Waals surface area contributed by atoms with Crippen molar-refractivity contribution in [2.24, 2.45) is 5.92 Å². The monoisotopic (exact) mass is 204 g/mol. The van der Waals surface area contributed by atoms with Crippen molar-refractivity contribution in [2.75, 3.05) is 0 Å². The van der Waals surface area contributed by atoms with E-state index in [-0.39, 0.29) is 5.92 Å². The zero-order valence-electron chi connectivity index (χ0n) is 9.70. The van der Waals surface area contributed by atoms with Crippen LogP contribution in [0.2, 0.25) is 0 Å². The van der Waals surface area contributed by atoms with Gasteiger partial charge in [0.1, 0.15) is 5.78 Å². The van der Waals surface area contributed by atoms with E-state index >= 15 is 0 Å². The largest absolute Gasteiger partial charge is 0.299 e. The molecule has 0 saturated carbocycles. The van der Waals surface area contributed by atoms with Crippen LogP contribution in [0.3, 0.4) is 0 Å². The summed E-state index contributed by atoms with van der Waals surface area (Å²) in [6.07, 6.45) is 3.67. The summed E-state index contributed by atoms with van der Waals surface area (Å²) in [6.45, 7) is 4.09. The normalized spacial score (nSPS) is 12.4. The van der Waals surface area contributed by atoms with Crippen molar-refractivity contribution in [3.63, 3.8) is 0 Å². The molecule has 1 nitrogen and oxygen atoms in total. The molecule has 1 aromatic rings. The summed E-state index contributed by atoms with van der Waals surface area (Å²) < 4.78 is 0. The summed E-state index contributed by atoms with van der Waals surface area (Å²) >= 11 is 0. The predicted molar refractivity (Wildman–Crippen MR) is 63.8 cm³/mol. The van der Waals surface area contributed by atoms with Gasteiger partial charge < -0.3 is 0 Å². The third kappa shape index (κ3) is 3.86. The first-order valence-electron chi connectivity index (χ1n) is 5.84. The Balaban J connectivity index is 2.62. The number of Topliss-reactive ketones (excluding diaryl/α,β-unsaturated/α-hetero) is 1. The number of carbonyl (C=O) groups excluding carboxylic acids is 1.